The highest BCUT2D eigenvalue weighted by molar-refractivity contribution is 7.99. The third-order valence-corrected chi connectivity index (χ3v) is 6.89. The zero-order chi connectivity index (χ0) is 23.4. The van der Waals surface area contributed by atoms with Crippen molar-refractivity contribution in [2.24, 2.45) is 5.92 Å². The van der Waals surface area contributed by atoms with E-state index in [9.17, 15) is 9.59 Å². The lowest BCUT2D eigenvalue weighted by molar-refractivity contribution is -0.145. The number of esters is 1. The van der Waals surface area contributed by atoms with E-state index in [2.05, 4.69) is 31.2 Å². The van der Waals surface area contributed by atoms with Gasteiger partial charge in [-0.05, 0) is 56.5 Å². The summed E-state index contributed by atoms with van der Waals surface area (Å²) in [7, 11) is 1.25. The lowest BCUT2D eigenvalue weighted by Crippen LogP contribution is -2.33. The molecule has 0 saturated carbocycles. The number of ether oxygens (including phenoxy) is 3. The van der Waals surface area contributed by atoms with Crippen LogP contribution >= 0.6 is 11.8 Å². The first-order valence-corrected chi connectivity index (χ1v) is 11.7. The van der Waals surface area contributed by atoms with Crippen molar-refractivity contribution >= 4 is 29.5 Å². The third kappa shape index (κ3) is 5.54. The SMILES string of the molecule is COC(=O)OC1=C(c2c(C)cc(C)cc2C)C(=O)OC(C(C)CSc2ccc(C)cc2)C1. The fraction of sp³-hybridized carbons (Fsp3) is 0.385. The molecule has 0 N–H and O–H groups in total. The van der Waals surface area contributed by atoms with Gasteiger partial charge in [-0.25, -0.2) is 9.59 Å². The predicted octanol–water partition coefficient (Wildman–Crippen LogP) is 6.16. The largest absolute Gasteiger partial charge is 0.513 e. The molecule has 0 amide bonds. The van der Waals surface area contributed by atoms with Crippen LogP contribution in [0.3, 0.4) is 0 Å². The summed E-state index contributed by atoms with van der Waals surface area (Å²) in [5, 5.41) is 0. The van der Waals surface area contributed by atoms with Crippen LogP contribution in [0, 0.1) is 33.6 Å². The van der Waals surface area contributed by atoms with E-state index in [1.807, 2.05) is 39.8 Å². The Morgan fingerprint density at radius 3 is 2.31 bits per heavy atom. The summed E-state index contributed by atoms with van der Waals surface area (Å²) in [4.78, 5) is 26.3. The summed E-state index contributed by atoms with van der Waals surface area (Å²) in [5.41, 5.74) is 5.24. The van der Waals surface area contributed by atoms with Crippen LogP contribution in [0.25, 0.3) is 5.57 Å². The summed E-state index contributed by atoms with van der Waals surface area (Å²) >= 11 is 1.72. The van der Waals surface area contributed by atoms with Gasteiger partial charge in [0.2, 0.25) is 0 Å². The van der Waals surface area contributed by atoms with Gasteiger partial charge in [-0.1, -0.05) is 42.3 Å². The topological polar surface area (TPSA) is 61.8 Å². The van der Waals surface area contributed by atoms with Crippen molar-refractivity contribution in [3.05, 3.63) is 70.0 Å². The van der Waals surface area contributed by atoms with Gasteiger partial charge in [0.15, 0.2) is 0 Å². The molecule has 0 aliphatic carbocycles. The highest BCUT2D eigenvalue weighted by atomic mass is 32.2. The summed E-state index contributed by atoms with van der Waals surface area (Å²) in [5.74, 6) is 0.663. The maximum absolute atomic E-state index is 13.2. The number of thioether (sulfide) groups is 1. The van der Waals surface area contributed by atoms with Gasteiger partial charge in [0.1, 0.15) is 17.4 Å². The number of rotatable bonds is 6. The second-order valence-electron chi connectivity index (χ2n) is 8.38. The van der Waals surface area contributed by atoms with E-state index < -0.39 is 18.2 Å². The molecule has 170 valence electrons. The standard InChI is InChI=1S/C26H30O5S/c1-15-7-9-20(10-8-15)32-14-19(5)21-13-22(31-26(28)29-6)24(25(27)30-21)23-17(3)11-16(2)12-18(23)4/h7-12,19,21H,13-14H2,1-6H3. The molecular weight excluding hydrogens is 424 g/mol. The van der Waals surface area contributed by atoms with Crippen molar-refractivity contribution in [2.45, 2.75) is 52.0 Å². The quantitative estimate of drug-likeness (QED) is 0.385. The Bertz CT molecular complexity index is 1020. The first kappa shape index (κ1) is 23.9. The van der Waals surface area contributed by atoms with Crippen molar-refractivity contribution in [2.75, 3.05) is 12.9 Å². The number of carbonyl (C=O) groups is 2. The molecule has 0 spiro atoms. The molecule has 6 heteroatoms. The molecule has 32 heavy (non-hydrogen) atoms. The number of aryl methyl sites for hydroxylation is 4. The normalized spacial score (nSPS) is 17.1. The van der Waals surface area contributed by atoms with E-state index in [0.717, 1.165) is 32.9 Å². The summed E-state index contributed by atoms with van der Waals surface area (Å²) in [6, 6.07) is 12.4. The van der Waals surface area contributed by atoms with Crippen LogP contribution in [0.4, 0.5) is 4.79 Å². The van der Waals surface area contributed by atoms with Crippen molar-refractivity contribution in [3.8, 4) is 0 Å². The minimum atomic E-state index is -0.838. The van der Waals surface area contributed by atoms with Crippen LogP contribution in [0.5, 0.6) is 0 Å². The van der Waals surface area contributed by atoms with Gasteiger partial charge < -0.3 is 14.2 Å². The fourth-order valence-corrected chi connectivity index (χ4v) is 4.97. The molecule has 1 aliphatic rings. The molecule has 1 heterocycles. The highest BCUT2D eigenvalue weighted by Gasteiger charge is 2.36. The second-order valence-corrected chi connectivity index (χ2v) is 9.47. The lowest BCUT2D eigenvalue weighted by Gasteiger charge is -2.31. The number of benzene rings is 2. The molecule has 0 saturated heterocycles. The molecule has 1 aliphatic heterocycles. The molecule has 0 bridgehead atoms. The average Bonchev–Trinajstić information content (AvgIpc) is 2.73. The van der Waals surface area contributed by atoms with Gasteiger partial charge in [-0.15, -0.1) is 11.8 Å². The number of cyclic esters (lactones) is 1. The minimum Gasteiger partial charge on any atom is -0.458 e. The Balaban J connectivity index is 1.88. The number of hydrogen-bond acceptors (Lipinski definition) is 6. The van der Waals surface area contributed by atoms with Gasteiger partial charge in [0, 0.05) is 23.0 Å². The monoisotopic (exact) mass is 454 g/mol. The van der Waals surface area contributed by atoms with E-state index >= 15 is 0 Å². The molecule has 0 fully saturated rings. The van der Waals surface area contributed by atoms with Gasteiger partial charge in [0.05, 0.1) is 7.11 Å². The third-order valence-electron chi connectivity index (χ3n) is 5.60. The van der Waals surface area contributed by atoms with E-state index in [4.69, 9.17) is 14.2 Å². The molecule has 0 radical (unpaired) electrons. The average molecular weight is 455 g/mol. The molecule has 2 unspecified atom stereocenters. The summed E-state index contributed by atoms with van der Waals surface area (Å²) in [6.45, 7) is 9.99. The molecule has 2 aromatic rings. The second kappa shape index (κ2) is 10.3. The zero-order valence-corrected chi connectivity index (χ0v) is 20.3. The Morgan fingerprint density at radius 1 is 1.09 bits per heavy atom. The van der Waals surface area contributed by atoms with Gasteiger partial charge in [-0.2, -0.15) is 0 Å². The van der Waals surface area contributed by atoms with Crippen molar-refractivity contribution in [1.29, 1.82) is 0 Å². The smallest absolute Gasteiger partial charge is 0.458 e. The van der Waals surface area contributed by atoms with Crippen LogP contribution in [-0.4, -0.2) is 31.1 Å². The van der Waals surface area contributed by atoms with Crippen LogP contribution < -0.4 is 0 Å². The molecule has 2 aromatic carbocycles. The van der Waals surface area contributed by atoms with E-state index in [0.29, 0.717) is 17.8 Å². The number of hydrogen-bond donors (Lipinski definition) is 0. The molecule has 2 atom stereocenters. The van der Waals surface area contributed by atoms with Gasteiger partial charge in [-0.3, -0.25) is 0 Å². The van der Waals surface area contributed by atoms with E-state index in [1.165, 1.54) is 12.7 Å². The summed E-state index contributed by atoms with van der Waals surface area (Å²) < 4.78 is 16.1. The Morgan fingerprint density at radius 2 is 1.72 bits per heavy atom. The van der Waals surface area contributed by atoms with Crippen molar-refractivity contribution < 1.29 is 23.8 Å². The Hall–Kier alpha value is -2.73. The molecule has 3 rings (SSSR count). The minimum absolute atomic E-state index is 0.0586. The predicted molar refractivity (Wildman–Crippen MR) is 127 cm³/mol. The first-order chi connectivity index (χ1) is 15.2. The van der Waals surface area contributed by atoms with Crippen LogP contribution in [0.2, 0.25) is 0 Å². The van der Waals surface area contributed by atoms with Gasteiger partial charge in [0.25, 0.3) is 0 Å². The maximum atomic E-state index is 13.2. The number of methoxy groups -OCH3 is 1. The highest BCUT2D eigenvalue weighted by Crippen LogP contribution is 2.37. The van der Waals surface area contributed by atoms with Crippen LogP contribution in [0.1, 0.15) is 41.2 Å². The fourth-order valence-electron chi connectivity index (χ4n) is 3.97. The maximum Gasteiger partial charge on any atom is 0.513 e. The van der Waals surface area contributed by atoms with Gasteiger partial charge >= 0.3 is 12.1 Å². The van der Waals surface area contributed by atoms with E-state index in [-0.39, 0.29) is 5.92 Å². The molecular formula is C26H30O5S. The first-order valence-electron chi connectivity index (χ1n) is 10.7. The van der Waals surface area contributed by atoms with E-state index in [1.54, 1.807) is 11.8 Å². The number of carbonyl (C=O) groups excluding carboxylic acids is 2. The zero-order valence-electron chi connectivity index (χ0n) is 19.5. The molecule has 5 nitrogen and oxygen atoms in total. The Labute approximate surface area is 194 Å². The Kier molecular flexibility index (Phi) is 7.67. The lowest BCUT2D eigenvalue weighted by atomic mass is 9.89. The van der Waals surface area contributed by atoms with Crippen LogP contribution in [-0.2, 0) is 19.0 Å². The van der Waals surface area contributed by atoms with Crippen molar-refractivity contribution in [1.82, 2.24) is 0 Å². The molecule has 0 aromatic heterocycles. The van der Waals surface area contributed by atoms with Crippen LogP contribution in [0.15, 0.2) is 47.1 Å². The summed E-state index contributed by atoms with van der Waals surface area (Å²) in [6.07, 6.45) is -0.914. The van der Waals surface area contributed by atoms with Crippen molar-refractivity contribution in [3.63, 3.8) is 0 Å².